The molecule has 3 N–H and O–H groups in total. The van der Waals surface area contributed by atoms with Crippen molar-refractivity contribution in [3.8, 4) is 0 Å². The molecule has 1 aliphatic heterocycles. The number of benzene rings is 1. The molecule has 0 saturated carbocycles. The second kappa shape index (κ2) is 4.47. The first-order chi connectivity index (χ1) is 7.87. The van der Waals surface area contributed by atoms with Gasteiger partial charge in [0, 0.05) is 10.6 Å². The molecule has 4 nitrogen and oxygen atoms in total. The summed E-state index contributed by atoms with van der Waals surface area (Å²) in [6, 6.07) is 3.91. The van der Waals surface area contributed by atoms with Gasteiger partial charge in [-0.2, -0.15) is 0 Å². The lowest BCUT2D eigenvalue weighted by Crippen LogP contribution is -2.20. The SMILES string of the molecule is Nc1ccc(F)cc1SC1CS(=O)(=O)CC1O. The lowest BCUT2D eigenvalue weighted by atomic mass is 10.3. The molecular formula is C10H12FNO3S2. The first-order valence-electron chi connectivity index (χ1n) is 4.97. The summed E-state index contributed by atoms with van der Waals surface area (Å²) in [6.45, 7) is 0. The van der Waals surface area contributed by atoms with Gasteiger partial charge in [0.1, 0.15) is 5.82 Å². The molecule has 2 unspecified atom stereocenters. The molecule has 1 aliphatic rings. The number of anilines is 1. The summed E-state index contributed by atoms with van der Waals surface area (Å²) in [7, 11) is -3.19. The lowest BCUT2D eigenvalue weighted by molar-refractivity contribution is 0.207. The van der Waals surface area contributed by atoms with Crippen molar-refractivity contribution in [2.75, 3.05) is 17.2 Å². The van der Waals surface area contributed by atoms with Gasteiger partial charge < -0.3 is 10.8 Å². The van der Waals surface area contributed by atoms with Crippen LogP contribution in [0, 0.1) is 5.82 Å². The Kier molecular flexibility index (Phi) is 3.33. The minimum atomic E-state index is -3.19. The van der Waals surface area contributed by atoms with E-state index in [1.54, 1.807) is 0 Å². The monoisotopic (exact) mass is 277 g/mol. The fraction of sp³-hybridized carbons (Fsp3) is 0.400. The minimum absolute atomic E-state index is 0.102. The van der Waals surface area contributed by atoms with Crippen LogP contribution in [0.5, 0.6) is 0 Å². The number of hydrogen-bond acceptors (Lipinski definition) is 5. The van der Waals surface area contributed by atoms with Crippen molar-refractivity contribution in [3.05, 3.63) is 24.0 Å². The first kappa shape index (κ1) is 12.7. The van der Waals surface area contributed by atoms with Gasteiger partial charge in [0.2, 0.25) is 0 Å². The van der Waals surface area contributed by atoms with E-state index in [0.717, 1.165) is 11.8 Å². The van der Waals surface area contributed by atoms with Crippen LogP contribution in [-0.4, -0.2) is 36.4 Å². The van der Waals surface area contributed by atoms with Gasteiger partial charge in [-0.1, -0.05) is 0 Å². The average molecular weight is 277 g/mol. The molecule has 1 saturated heterocycles. The van der Waals surface area contributed by atoms with Gasteiger partial charge >= 0.3 is 0 Å². The van der Waals surface area contributed by atoms with E-state index in [2.05, 4.69) is 0 Å². The summed E-state index contributed by atoms with van der Waals surface area (Å²) in [4.78, 5) is 0.464. The van der Waals surface area contributed by atoms with E-state index in [9.17, 15) is 17.9 Å². The highest BCUT2D eigenvalue weighted by atomic mass is 32.2. The Bertz CT molecular complexity index is 532. The quantitative estimate of drug-likeness (QED) is 0.776. The van der Waals surface area contributed by atoms with Crippen LogP contribution >= 0.6 is 11.8 Å². The van der Waals surface area contributed by atoms with Crippen LogP contribution in [0.15, 0.2) is 23.1 Å². The van der Waals surface area contributed by atoms with Gasteiger partial charge in [0.05, 0.1) is 22.9 Å². The average Bonchev–Trinajstić information content (AvgIpc) is 2.46. The number of thioether (sulfide) groups is 1. The van der Waals surface area contributed by atoms with Crippen LogP contribution in [0.4, 0.5) is 10.1 Å². The first-order valence-corrected chi connectivity index (χ1v) is 7.68. The van der Waals surface area contributed by atoms with E-state index >= 15 is 0 Å². The topological polar surface area (TPSA) is 80.4 Å². The summed E-state index contributed by atoms with van der Waals surface area (Å²) in [5.74, 6) is -0.772. The Morgan fingerprint density at radius 2 is 2.12 bits per heavy atom. The summed E-state index contributed by atoms with van der Waals surface area (Å²) >= 11 is 1.11. The number of nitrogens with two attached hydrogens (primary N) is 1. The number of hydrogen-bond donors (Lipinski definition) is 2. The van der Waals surface area contributed by atoms with E-state index in [-0.39, 0.29) is 11.5 Å². The third-order valence-corrected chi connectivity index (χ3v) is 5.84. The van der Waals surface area contributed by atoms with Gasteiger partial charge in [-0.15, -0.1) is 11.8 Å². The molecular weight excluding hydrogens is 265 g/mol. The van der Waals surface area contributed by atoms with Crippen LogP contribution in [0.25, 0.3) is 0 Å². The molecule has 94 valence electrons. The van der Waals surface area contributed by atoms with Crippen molar-refractivity contribution in [1.82, 2.24) is 0 Å². The number of aliphatic hydroxyl groups is 1. The Morgan fingerprint density at radius 3 is 2.71 bits per heavy atom. The number of sulfone groups is 1. The molecule has 0 bridgehead atoms. The Balaban J connectivity index is 2.19. The molecule has 2 atom stereocenters. The highest BCUT2D eigenvalue weighted by Crippen LogP contribution is 2.34. The van der Waals surface area contributed by atoms with Crippen molar-refractivity contribution in [3.63, 3.8) is 0 Å². The number of nitrogen functional groups attached to an aromatic ring is 1. The smallest absolute Gasteiger partial charge is 0.154 e. The van der Waals surface area contributed by atoms with Gasteiger partial charge in [-0.3, -0.25) is 0 Å². The summed E-state index contributed by atoms with van der Waals surface area (Å²) in [5, 5.41) is 9.13. The van der Waals surface area contributed by atoms with Gasteiger partial charge in [0.15, 0.2) is 9.84 Å². The van der Waals surface area contributed by atoms with Gasteiger partial charge in [-0.05, 0) is 18.2 Å². The van der Waals surface area contributed by atoms with Crippen molar-refractivity contribution in [2.45, 2.75) is 16.2 Å². The number of aliphatic hydroxyl groups excluding tert-OH is 1. The molecule has 17 heavy (non-hydrogen) atoms. The molecule has 0 aromatic heterocycles. The largest absolute Gasteiger partial charge is 0.398 e. The molecule has 0 spiro atoms. The van der Waals surface area contributed by atoms with Crippen LogP contribution in [-0.2, 0) is 9.84 Å². The normalized spacial score (nSPS) is 27.2. The maximum Gasteiger partial charge on any atom is 0.154 e. The molecule has 0 radical (unpaired) electrons. The fourth-order valence-electron chi connectivity index (χ4n) is 1.68. The summed E-state index contributed by atoms with van der Waals surface area (Å²) in [6.07, 6.45) is -0.923. The van der Waals surface area contributed by atoms with Gasteiger partial charge in [-0.25, -0.2) is 12.8 Å². The molecule has 1 aromatic carbocycles. The van der Waals surface area contributed by atoms with Crippen molar-refractivity contribution in [1.29, 1.82) is 0 Å². The van der Waals surface area contributed by atoms with Crippen molar-refractivity contribution in [2.24, 2.45) is 0 Å². The predicted octanol–water partition coefficient (Wildman–Crippen LogP) is 0.658. The highest BCUT2D eigenvalue weighted by molar-refractivity contribution is 8.02. The Hall–Kier alpha value is -0.790. The van der Waals surface area contributed by atoms with Gasteiger partial charge in [0.25, 0.3) is 0 Å². The highest BCUT2D eigenvalue weighted by Gasteiger charge is 2.37. The molecule has 1 fully saturated rings. The van der Waals surface area contributed by atoms with Crippen molar-refractivity contribution >= 4 is 27.3 Å². The maximum absolute atomic E-state index is 13.0. The molecule has 1 aromatic rings. The minimum Gasteiger partial charge on any atom is -0.398 e. The van der Waals surface area contributed by atoms with Crippen LogP contribution in [0.3, 0.4) is 0 Å². The van der Waals surface area contributed by atoms with E-state index in [0.29, 0.717) is 10.6 Å². The number of rotatable bonds is 2. The predicted molar refractivity (Wildman–Crippen MR) is 65.1 cm³/mol. The molecule has 0 amide bonds. The fourth-order valence-corrected chi connectivity index (χ4v) is 5.27. The van der Waals surface area contributed by atoms with E-state index in [4.69, 9.17) is 5.73 Å². The third kappa shape index (κ3) is 2.91. The van der Waals surface area contributed by atoms with E-state index in [1.165, 1.54) is 18.2 Å². The Morgan fingerprint density at radius 1 is 1.41 bits per heavy atom. The van der Waals surface area contributed by atoms with Crippen molar-refractivity contribution < 1.29 is 17.9 Å². The second-order valence-electron chi connectivity index (χ2n) is 3.98. The zero-order valence-corrected chi connectivity index (χ0v) is 10.5. The zero-order valence-electron chi connectivity index (χ0n) is 8.84. The van der Waals surface area contributed by atoms with Crippen LogP contribution in [0.2, 0.25) is 0 Å². The summed E-state index contributed by atoms with van der Waals surface area (Å²) in [5.41, 5.74) is 6.04. The van der Waals surface area contributed by atoms with Crippen LogP contribution in [0.1, 0.15) is 0 Å². The maximum atomic E-state index is 13.0. The van der Waals surface area contributed by atoms with E-state index < -0.39 is 27.0 Å². The standard InChI is InChI=1S/C10H12FNO3S2/c11-6-1-2-7(12)9(3-6)16-10-5-17(14,15)4-8(10)13/h1-3,8,10,13H,4-5,12H2. The zero-order chi connectivity index (χ0) is 12.6. The molecule has 7 heteroatoms. The van der Waals surface area contributed by atoms with E-state index in [1.807, 2.05) is 0 Å². The third-order valence-electron chi connectivity index (χ3n) is 2.53. The molecule has 0 aliphatic carbocycles. The molecule has 2 rings (SSSR count). The van der Waals surface area contributed by atoms with Crippen LogP contribution < -0.4 is 5.73 Å². The number of halogens is 1. The molecule has 1 heterocycles. The lowest BCUT2D eigenvalue weighted by Gasteiger charge is -2.13. The Labute approximate surface area is 103 Å². The second-order valence-corrected chi connectivity index (χ2v) is 7.42. The summed E-state index contributed by atoms with van der Waals surface area (Å²) < 4.78 is 35.7.